The molecule has 9 heteroatoms. The average molecular weight is 439 g/mol. The molecule has 0 saturated heterocycles. The van der Waals surface area contributed by atoms with Gasteiger partial charge in [-0.3, -0.25) is 0 Å². The Hall–Kier alpha value is -1.53. The monoisotopic (exact) mass is 437 g/mol. The number of alkyl halides is 2. The standard InChI is InChI=1S/C17H15Cl4NO4/c18-10-16(21)26-17(23)22-6-7-24-15-5-4-13(9-14(15)20)25-12-3-1-2-11(19)8-12/h1-5,8-9,16H,6-7,10H2,(H,22,23). The van der Waals surface area contributed by atoms with Gasteiger partial charge in [0.05, 0.1) is 17.4 Å². The van der Waals surface area contributed by atoms with E-state index in [9.17, 15) is 4.79 Å². The number of hydrogen-bond donors (Lipinski definition) is 1. The van der Waals surface area contributed by atoms with Crippen molar-refractivity contribution in [1.82, 2.24) is 5.32 Å². The number of nitrogens with one attached hydrogen (secondary N) is 1. The Balaban J connectivity index is 1.81. The minimum atomic E-state index is -0.876. The Morgan fingerprint density at radius 3 is 2.58 bits per heavy atom. The molecule has 1 N–H and O–H groups in total. The van der Waals surface area contributed by atoms with Crippen molar-refractivity contribution in [3.63, 3.8) is 0 Å². The highest BCUT2D eigenvalue weighted by Gasteiger charge is 2.09. The molecule has 1 unspecified atom stereocenters. The van der Waals surface area contributed by atoms with Crippen LogP contribution in [0.1, 0.15) is 0 Å². The summed E-state index contributed by atoms with van der Waals surface area (Å²) in [7, 11) is 0. The van der Waals surface area contributed by atoms with E-state index in [1.165, 1.54) is 0 Å². The zero-order valence-electron chi connectivity index (χ0n) is 13.4. The highest BCUT2D eigenvalue weighted by Crippen LogP contribution is 2.31. The van der Waals surface area contributed by atoms with Crippen LogP contribution in [0.2, 0.25) is 10.0 Å². The van der Waals surface area contributed by atoms with Crippen LogP contribution in [0.3, 0.4) is 0 Å². The molecule has 2 rings (SSSR count). The normalized spacial score (nSPS) is 11.5. The molecule has 26 heavy (non-hydrogen) atoms. The maximum atomic E-state index is 11.3. The number of hydrogen-bond acceptors (Lipinski definition) is 4. The van der Waals surface area contributed by atoms with Crippen LogP contribution >= 0.6 is 46.4 Å². The number of carbonyl (C=O) groups is 1. The molecule has 1 atom stereocenters. The smallest absolute Gasteiger partial charge is 0.408 e. The molecular weight excluding hydrogens is 424 g/mol. The lowest BCUT2D eigenvalue weighted by atomic mass is 10.3. The van der Waals surface area contributed by atoms with Crippen LogP contribution in [0.15, 0.2) is 42.5 Å². The Kier molecular flexibility index (Phi) is 8.45. The summed E-state index contributed by atoms with van der Waals surface area (Å²) in [6.07, 6.45) is -0.675. The number of amides is 1. The number of carbonyl (C=O) groups excluding carboxylic acids is 1. The lowest BCUT2D eigenvalue weighted by Gasteiger charge is -2.12. The fourth-order valence-electron chi connectivity index (χ4n) is 1.83. The van der Waals surface area contributed by atoms with Crippen molar-refractivity contribution in [2.75, 3.05) is 19.0 Å². The minimum Gasteiger partial charge on any atom is -0.490 e. The summed E-state index contributed by atoms with van der Waals surface area (Å²) in [6, 6.07) is 12.0. The highest BCUT2D eigenvalue weighted by molar-refractivity contribution is 6.32. The summed E-state index contributed by atoms with van der Waals surface area (Å²) in [6.45, 7) is 0.402. The lowest BCUT2D eigenvalue weighted by Crippen LogP contribution is -2.31. The number of alkyl carbamates (subject to hydrolysis) is 1. The van der Waals surface area contributed by atoms with Crippen molar-refractivity contribution >= 4 is 52.5 Å². The molecule has 1 amide bonds. The second-order valence-corrected chi connectivity index (χ2v) is 6.54. The first-order chi connectivity index (χ1) is 12.5. The molecule has 0 bridgehead atoms. The third-order valence-electron chi connectivity index (χ3n) is 2.92. The van der Waals surface area contributed by atoms with Gasteiger partial charge in [0.15, 0.2) is 5.56 Å². The fraction of sp³-hybridized carbons (Fsp3) is 0.235. The summed E-state index contributed by atoms with van der Waals surface area (Å²) >= 11 is 23.1. The molecule has 0 fully saturated rings. The van der Waals surface area contributed by atoms with Crippen molar-refractivity contribution in [2.24, 2.45) is 0 Å². The number of halogens is 4. The SMILES string of the molecule is O=C(NCCOc1ccc(Oc2cccc(Cl)c2)cc1Cl)OC(Cl)CCl. The maximum Gasteiger partial charge on any atom is 0.408 e. The summed E-state index contributed by atoms with van der Waals surface area (Å²) < 4.78 is 15.9. The van der Waals surface area contributed by atoms with Crippen LogP contribution in [0.5, 0.6) is 17.2 Å². The van der Waals surface area contributed by atoms with E-state index < -0.39 is 11.7 Å². The number of ether oxygens (including phenoxy) is 3. The Labute approximate surface area is 171 Å². The van der Waals surface area contributed by atoms with Gasteiger partial charge in [-0.1, -0.05) is 40.9 Å². The van der Waals surface area contributed by atoms with Crippen LogP contribution in [0.4, 0.5) is 4.79 Å². The Morgan fingerprint density at radius 2 is 1.88 bits per heavy atom. The van der Waals surface area contributed by atoms with E-state index in [0.717, 1.165) is 0 Å². The molecule has 0 aromatic heterocycles. The van der Waals surface area contributed by atoms with Gasteiger partial charge in [0.1, 0.15) is 23.9 Å². The van der Waals surface area contributed by atoms with Gasteiger partial charge in [0.25, 0.3) is 0 Å². The van der Waals surface area contributed by atoms with E-state index in [4.69, 9.17) is 60.6 Å². The van der Waals surface area contributed by atoms with Gasteiger partial charge in [-0.05, 0) is 30.3 Å². The van der Waals surface area contributed by atoms with Gasteiger partial charge >= 0.3 is 6.09 Å². The van der Waals surface area contributed by atoms with Gasteiger partial charge in [-0.25, -0.2) is 4.79 Å². The zero-order valence-corrected chi connectivity index (χ0v) is 16.4. The van der Waals surface area contributed by atoms with Gasteiger partial charge in [0.2, 0.25) is 0 Å². The Morgan fingerprint density at radius 1 is 1.12 bits per heavy atom. The van der Waals surface area contributed by atoms with Crippen molar-refractivity contribution in [2.45, 2.75) is 5.56 Å². The molecule has 0 aliphatic carbocycles. The minimum absolute atomic E-state index is 0.00465. The maximum absolute atomic E-state index is 11.3. The fourth-order valence-corrected chi connectivity index (χ4v) is 2.38. The van der Waals surface area contributed by atoms with Crippen LogP contribution in [-0.2, 0) is 4.74 Å². The largest absolute Gasteiger partial charge is 0.490 e. The van der Waals surface area contributed by atoms with E-state index >= 15 is 0 Å². The van der Waals surface area contributed by atoms with Gasteiger partial charge in [-0.2, -0.15) is 0 Å². The molecule has 2 aromatic carbocycles. The number of rotatable bonds is 8. The second-order valence-electron chi connectivity index (χ2n) is 4.90. The summed E-state index contributed by atoms with van der Waals surface area (Å²) in [5.74, 6) is 1.60. The Bertz CT molecular complexity index is 744. The molecule has 140 valence electrons. The quantitative estimate of drug-likeness (QED) is 0.424. The van der Waals surface area contributed by atoms with Crippen LogP contribution in [0.25, 0.3) is 0 Å². The molecule has 0 aliphatic heterocycles. The van der Waals surface area contributed by atoms with Crippen LogP contribution < -0.4 is 14.8 Å². The summed E-state index contributed by atoms with van der Waals surface area (Å²) in [5, 5.41) is 3.42. The molecule has 0 spiro atoms. The predicted octanol–water partition coefficient (Wildman–Crippen LogP) is 5.69. The van der Waals surface area contributed by atoms with Crippen molar-refractivity contribution < 1.29 is 19.0 Å². The molecule has 0 heterocycles. The highest BCUT2D eigenvalue weighted by atomic mass is 35.5. The van der Waals surface area contributed by atoms with E-state index in [-0.39, 0.29) is 19.0 Å². The third kappa shape index (κ3) is 7.00. The lowest BCUT2D eigenvalue weighted by molar-refractivity contribution is 0.138. The summed E-state index contributed by atoms with van der Waals surface area (Å²) in [4.78, 5) is 11.3. The van der Waals surface area contributed by atoms with Crippen molar-refractivity contribution in [3.05, 3.63) is 52.5 Å². The average Bonchev–Trinajstić information content (AvgIpc) is 2.60. The predicted molar refractivity (Wildman–Crippen MR) is 103 cm³/mol. The second kappa shape index (κ2) is 10.6. The van der Waals surface area contributed by atoms with Gasteiger partial charge in [0, 0.05) is 11.1 Å². The first-order valence-electron chi connectivity index (χ1n) is 7.48. The van der Waals surface area contributed by atoms with Crippen LogP contribution in [-0.4, -0.2) is 30.7 Å². The molecular formula is C17H15Cl4NO4. The third-order valence-corrected chi connectivity index (χ3v) is 4.13. The van der Waals surface area contributed by atoms with Crippen molar-refractivity contribution in [3.8, 4) is 17.2 Å². The molecule has 0 radical (unpaired) electrons. The van der Waals surface area contributed by atoms with Crippen molar-refractivity contribution in [1.29, 1.82) is 0 Å². The van der Waals surface area contributed by atoms with Gasteiger partial charge < -0.3 is 19.5 Å². The molecule has 2 aromatic rings. The number of benzene rings is 2. The van der Waals surface area contributed by atoms with E-state index in [1.807, 2.05) is 0 Å². The first kappa shape index (κ1) is 20.8. The van der Waals surface area contributed by atoms with E-state index in [2.05, 4.69) is 5.32 Å². The van der Waals surface area contributed by atoms with Gasteiger partial charge in [-0.15, -0.1) is 11.6 Å². The topological polar surface area (TPSA) is 56.8 Å². The summed E-state index contributed by atoms with van der Waals surface area (Å²) in [5.41, 5.74) is -0.876. The molecule has 5 nitrogen and oxygen atoms in total. The molecule has 0 saturated carbocycles. The van der Waals surface area contributed by atoms with Crippen LogP contribution in [0, 0.1) is 0 Å². The first-order valence-corrected chi connectivity index (χ1v) is 9.21. The van der Waals surface area contributed by atoms with E-state index in [0.29, 0.717) is 27.3 Å². The zero-order chi connectivity index (χ0) is 18.9. The van der Waals surface area contributed by atoms with E-state index in [1.54, 1.807) is 42.5 Å². The molecule has 0 aliphatic rings.